The third-order valence-electron chi connectivity index (χ3n) is 5.62. The minimum atomic E-state index is -0.833. The molecule has 0 unspecified atom stereocenters. The van der Waals surface area contributed by atoms with Crippen LogP contribution in [0.3, 0.4) is 0 Å². The zero-order chi connectivity index (χ0) is 21.1. The van der Waals surface area contributed by atoms with E-state index in [2.05, 4.69) is 5.16 Å². The second-order valence-corrected chi connectivity index (χ2v) is 7.62. The quantitative estimate of drug-likeness (QED) is 0.744. The normalized spacial score (nSPS) is 18.0. The van der Waals surface area contributed by atoms with Gasteiger partial charge in [-0.15, -0.1) is 0 Å². The maximum Gasteiger partial charge on any atom is 0.276 e. The van der Waals surface area contributed by atoms with Crippen molar-refractivity contribution in [3.8, 4) is 5.75 Å². The van der Waals surface area contributed by atoms with Crippen LogP contribution in [0.25, 0.3) is 0 Å². The molecule has 0 N–H and O–H groups in total. The first-order chi connectivity index (χ1) is 14.5. The van der Waals surface area contributed by atoms with Crippen molar-refractivity contribution in [2.24, 2.45) is 0 Å². The lowest BCUT2D eigenvalue weighted by molar-refractivity contribution is -0.138. The topological polar surface area (TPSA) is 75.9 Å². The van der Waals surface area contributed by atoms with E-state index in [1.54, 1.807) is 0 Å². The number of ether oxygens (including phenoxy) is 1. The van der Waals surface area contributed by atoms with E-state index < -0.39 is 23.3 Å². The molecule has 30 heavy (non-hydrogen) atoms. The monoisotopic (exact) mass is 419 g/mol. The molecule has 0 radical (unpaired) electrons. The molecule has 1 saturated heterocycles. The second-order valence-electron chi connectivity index (χ2n) is 7.62. The number of hydrogen-bond acceptors (Lipinski definition) is 5. The highest BCUT2D eigenvalue weighted by molar-refractivity contribution is 5.95. The zero-order valence-electron chi connectivity index (χ0n) is 16.5. The number of rotatable bonds is 5. The largest absolute Gasteiger partial charge is 0.479 e. The van der Waals surface area contributed by atoms with Gasteiger partial charge in [-0.2, -0.15) is 0 Å². The Kier molecular flexibility index (Phi) is 5.96. The van der Waals surface area contributed by atoms with Gasteiger partial charge in [0.25, 0.3) is 5.91 Å². The van der Waals surface area contributed by atoms with Crippen LogP contribution in [0.1, 0.15) is 48.4 Å². The highest BCUT2D eigenvalue weighted by Gasteiger charge is 2.33. The predicted molar refractivity (Wildman–Crippen MR) is 102 cm³/mol. The van der Waals surface area contributed by atoms with E-state index in [0.717, 1.165) is 37.8 Å². The zero-order valence-corrected chi connectivity index (χ0v) is 16.5. The maximum absolute atomic E-state index is 13.6. The number of piperazine rings is 1. The summed E-state index contributed by atoms with van der Waals surface area (Å²) in [6, 6.07) is 5.03. The standard InChI is InChI=1S/C21H23F2N3O4/c22-16-7-4-8-17(23)20(16)29-13-15-11-18(24-30-15)21(28)25-9-10-26(19(27)12-25)14-5-2-1-3-6-14/h4,7-8,11,14H,1-3,5-6,9-10,12-13H2. The molecule has 2 aliphatic rings. The number of carbonyl (C=O) groups is 2. The van der Waals surface area contributed by atoms with E-state index in [-0.39, 0.29) is 36.6 Å². The molecule has 9 heteroatoms. The van der Waals surface area contributed by atoms with Crippen LogP contribution in [0.15, 0.2) is 28.8 Å². The SMILES string of the molecule is O=C(c1cc(COc2c(F)cccc2F)on1)N1CCN(C2CCCCC2)C(=O)C1. The van der Waals surface area contributed by atoms with E-state index in [9.17, 15) is 18.4 Å². The van der Waals surface area contributed by atoms with Crippen molar-refractivity contribution >= 4 is 11.8 Å². The second kappa shape index (κ2) is 8.81. The van der Waals surface area contributed by atoms with Gasteiger partial charge in [0.2, 0.25) is 5.91 Å². The molecule has 1 aliphatic heterocycles. The minimum absolute atomic E-state index is 0.00840. The molecule has 1 aliphatic carbocycles. The number of benzene rings is 1. The van der Waals surface area contributed by atoms with Crippen LogP contribution in [0.2, 0.25) is 0 Å². The summed E-state index contributed by atoms with van der Waals surface area (Å²) < 4.78 is 37.4. The van der Waals surface area contributed by atoms with E-state index in [4.69, 9.17) is 9.26 Å². The lowest BCUT2D eigenvalue weighted by atomic mass is 9.93. The van der Waals surface area contributed by atoms with Crippen molar-refractivity contribution in [3.05, 3.63) is 47.4 Å². The van der Waals surface area contributed by atoms with Gasteiger partial charge in [0.05, 0.1) is 0 Å². The van der Waals surface area contributed by atoms with Crippen molar-refractivity contribution in [1.29, 1.82) is 0 Å². The molecular formula is C21H23F2N3O4. The molecule has 160 valence electrons. The number of halogens is 2. The van der Waals surface area contributed by atoms with Crippen LogP contribution >= 0.6 is 0 Å². The summed E-state index contributed by atoms with van der Waals surface area (Å²) in [4.78, 5) is 28.6. The van der Waals surface area contributed by atoms with Crippen molar-refractivity contribution in [2.45, 2.75) is 44.8 Å². The van der Waals surface area contributed by atoms with Crippen molar-refractivity contribution in [2.75, 3.05) is 19.6 Å². The van der Waals surface area contributed by atoms with Gasteiger partial charge in [0, 0.05) is 25.2 Å². The Bertz CT molecular complexity index is 906. The van der Waals surface area contributed by atoms with Gasteiger partial charge in [-0.1, -0.05) is 30.5 Å². The van der Waals surface area contributed by atoms with Gasteiger partial charge in [0.15, 0.2) is 28.8 Å². The number of nitrogens with zero attached hydrogens (tertiary/aromatic N) is 3. The van der Waals surface area contributed by atoms with Gasteiger partial charge in [0.1, 0.15) is 13.2 Å². The Morgan fingerprint density at radius 3 is 2.60 bits per heavy atom. The van der Waals surface area contributed by atoms with Gasteiger partial charge in [-0.05, 0) is 25.0 Å². The van der Waals surface area contributed by atoms with Crippen LogP contribution in [0.5, 0.6) is 5.75 Å². The molecule has 2 amide bonds. The van der Waals surface area contributed by atoms with Crippen LogP contribution in [-0.4, -0.2) is 52.4 Å². The Balaban J connectivity index is 1.34. The number of para-hydroxylation sites is 1. The highest BCUT2D eigenvalue weighted by Crippen LogP contribution is 2.25. The average molecular weight is 419 g/mol. The Morgan fingerprint density at radius 1 is 1.17 bits per heavy atom. The predicted octanol–water partition coefficient (Wildman–Crippen LogP) is 3.15. The minimum Gasteiger partial charge on any atom is -0.479 e. The van der Waals surface area contributed by atoms with E-state index in [1.807, 2.05) is 4.90 Å². The summed E-state index contributed by atoms with van der Waals surface area (Å²) in [5.41, 5.74) is 0.0292. The molecule has 0 atom stereocenters. The molecule has 2 heterocycles. The lowest BCUT2D eigenvalue weighted by Crippen LogP contribution is -2.55. The lowest BCUT2D eigenvalue weighted by Gasteiger charge is -2.40. The van der Waals surface area contributed by atoms with Gasteiger partial charge in [-0.25, -0.2) is 8.78 Å². The summed E-state index contributed by atoms with van der Waals surface area (Å²) in [5, 5.41) is 3.72. The molecule has 1 saturated carbocycles. The van der Waals surface area contributed by atoms with E-state index in [0.29, 0.717) is 13.1 Å². The van der Waals surface area contributed by atoms with E-state index in [1.165, 1.54) is 23.5 Å². The third-order valence-corrected chi connectivity index (χ3v) is 5.62. The van der Waals surface area contributed by atoms with Gasteiger partial charge >= 0.3 is 0 Å². The van der Waals surface area contributed by atoms with Gasteiger partial charge in [-0.3, -0.25) is 9.59 Å². The summed E-state index contributed by atoms with van der Waals surface area (Å²) in [6.45, 7) is 0.664. The fourth-order valence-electron chi connectivity index (χ4n) is 4.05. The molecule has 2 fully saturated rings. The van der Waals surface area contributed by atoms with Crippen LogP contribution in [0, 0.1) is 11.6 Å². The molecule has 1 aromatic heterocycles. The Labute approximate surface area is 172 Å². The maximum atomic E-state index is 13.6. The number of carbonyl (C=O) groups excluding carboxylic acids is 2. The molecule has 0 spiro atoms. The smallest absolute Gasteiger partial charge is 0.276 e. The first-order valence-electron chi connectivity index (χ1n) is 10.1. The number of amides is 2. The molecular weight excluding hydrogens is 396 g/mol. The molecule has 1 aromatic carbocycles. The first-order valence-corrected chi connectivity index (χ1v) is 10.1. The summed E-state index contributed by atoms with van der Waals surface area (Å²) in [6.07, 6.45) is 5.53. The fraction of sp³-hybridized carbons (Fsp3) is 0.476. The average Bonchev–Trinajstić information content (AvgIpc) is 3.22. The Hall–Kier alpha value is -2.97. The molecule has 2 aromatic rings. The van der Waals surface area contributed by atoms with Crippen LogP contribution in [0.4, 0.5) is 8.78 Å². The van der Waals surface area contributed by atoms with Crippen molar-refractivity contribution in [3.63, 3.8) is 0 Å². The first kappa shape index (κ1) is 20.3. The summed E-state index contributed by atoms with van der Waals surface area (Å²) >= 11 is 0. The van der Waals surface area contributed by atoms with Gasteiger partial charge < -0.3 is 19.1 Å². The summed E-state index contributed by atoms with van der Waals surface area (Å²) in [5.74, 6) is -2.51. The van der Waals surface area contributed by atoms with E-state index >= 15 is 0 Å². The number of hydrogen-bond donors (Lipinski definition) is 0. The molecule has 4 rings (SSSR count). The highest BCUT2D eigenvalue weighted by atomic mass is 19.1. The van der Waals surface area contributed by atoms with Crippen LogP contribution in [-0.2, 0) is 11.4 Å². The third kappa shape index (κ3) is 4.29. The van der Waals surface area contributed by atoms with Crippen molar-refractivity contribution in [1.82, 2.24) is 15.0 Å². The van der Waals surface area contributed by atoms with Crippen molar-refractivity contribution < 1.29 is 27.6 Å². The Morgan fingerprint density at radius 2 is 1.90 bits per heavy atom. The fourth-order valence-corrected chi connectivity index (χ4v) is 4.05. The summed E-state index contributed by atoms with van der Waals surface area (Å²) in [7, 11) is 0. The number of aromatic nitrogens is 1. The molecule has 7 nitrogen and oxygen atoms in total. The molecule has 0 bridgehead atoms. The van der Waals surface area contributed by atoms with Crippen LogP contribution < -0.4 is 4.74 Å².